The summed E-state index contributed by atoms with van der Waals surface area (Å²) >= 11 is 1.51. The molecule has 29 heavy (non-hydrogen) atoms. The number of rotatable bonds is 6. The van der Waals surface area contributed by atoms with E-state index in [1.807, 2.05) is 70.2 Å². The van der Waals surface area contributed by atoms with E-state index in [9.17, 15) is 8.42 Å². The van der Waals surface area contributed by atoms with Crippen molar-refractivity contribution in [3.63, 3.8) is 0 Å². The molecule has 1 fully saturated rings. The summed E-state index contributed by atoms with van der Waals surface area (Å²) in [5.41, 5.74) is 0.790. The molecule has 8 heteroatoms. The van der Waals surface area contributed by atoms with E-state index in [1.54, 1.807) is 19.9 Å². The number of sulfonamides is 1. The molecule has 156 valence electrons. The van der Waals surface area contributed by atoms with Crippen LogP contribution in [0.4, 0.5) is 5.69 Å². The van der Waals surface area contributed by atoms with Crippen LogP contribution in [0.25, 0.3) is 0 Å². The highest BCUT2D eigenvalue weighted by Gasteiger charge is 2.51. The highest BCUT2D eigenvalue weighted by atomic mass is 32.2. The zero-order valence-corrected chi connectivity index (χ0v) is 19.4. The normalized spacial score (nSPS) is 18.2. The monoisotopic (exact) mass is 433 g/mol. The van der Waals surface area contributed by atoms with Gasteiger partial charge in [-0.25, -0.2) is 8.42 Å². The number of hydrogen-bond acceptors (Lipinski definition) is 5. The third-order valence-electron chi connectivity index (χ3n) is 5.39. The smallest absolute Gasteiger partial charge is 0.399 e. The highest BCUT2D eigenvalue weighted by molar-refractivity contribution is 7.99. The van der Waals surface area contributed by atoms with Gasteiger partial charge in [-0.2, -0.15) is 0 Å². The van der Waals surface area contributed by atoms with Crippen molar-refractivity contribution in [2.45, 2.75) is 67.8 Å². The van der Waals surface area contributed by atoms with Crippen molar-refractivity contribution in [3.8, 4) is 0 Å². The molecule has 1 aliphatic heterocycles. The first-order chi connectivity index (χ1) is 13.4. The van der Waals surface area contributed by atoms with Crippen LogP contribution in [0.3, 0.4) is 0 Å². The third kappa shape index (κ3) is 4.82. The maximum absolute atomic E-state index is 12.3. The zero-order chi connectivity index (χ0) is 21.4. The first-order valence-electron chi connectivity index (χ1n) is 9.65. The van der Waals surface area contributed by atoms with Gasteiger partial charge in [-0.15, -0.1) is 0 Å². The van der Waals surface area contributed by atoms with Crippen LogP contribution in [0.2, 0.25) is 0 Å². The maximum atomic E-state index is 12.3. The number of hydrogen-bond donors (Lipinski definition) is 1. The summed E-state index contributed by atoms with van der Waals surface area (Å²) < 4.78 is 39.4. The molecular formula is C21H28BNO4S2. The van der Waals surface area contributed by atoms with Gasteiger partial charge in [-0.3, -0.25) is 4.72 Å². The topological polar surface area (TPSA) is 64.6 Å². The standard InChI is InChI=1S/C21H28BNO4S2/c1-15(2)29(24,25)23-18-9-7-8-10-19(18)28-17-13-11-16(12-14-17)22-26-20(3,4)21(5,6)27-22/h7-15,23H,1-6H3. The Bertz CT molecular complexity index is 956. The molecule has 0 amide bonds. The van der Waals surface area contributed by atoms with Crippen LogP contribution in [0, 0.1) is 0 Å². The van der Waals surface area contributed by atoms with Crippen molar-refractivity contribution in [2.24, 2.45) is 0 Å². The Morgan fingerprint density at radius 3 is 2.03 bits per heavy atom. The van der Waals surface area contributed by atoms with Crippen molar-refractivity contribution in [1.29, 1.82) is 0 Å². The molecular weight excluding hydrogens is 405 g/mol. The lowest BCUT2D eigenvalue weighted by atomic mass is 9.79. The minimum absolute atomic E-state index is 0.377. The molecule has 1 N–H and O–H groups in total. The first kappa shape index (κ1) is 22.2. The van der Waals surface area contributed by atoms with Gasteiger partial charge >= 0.3 is 7.12 Å². The molecule has 1 saturated heterocycles. The lowest BCUT2D eigenvalue weighted by molar-refractivity contribution is 0.00578. The van der Waals surface area contributed by atoms with E-state index in [2.05, 4.69) is 4.72 Å². The predicted octanol–water partition coefficient (Wildman–Crippen LogP) is 4.29. The van der Waals surface area contributed by atoms with Gasteiger partial charge in [0, 0.05) is 9.79 Å². The molecule has 1 heterocycles. The zero-order valence-electron chi connectivity index (χ0n) is 17.7. The summed E-state index contributed by atoms with van der Waals surface area (Å²) in [6, 6.07) is 15.4. The predicted molar refractivity (Wildman–Crippen MR) is 120 cm³/mol. The largest absolute Gasteiger partial charge is 0.494 e. The Balaban J connectivity index is 1.76. The van der Waals surface area contributed by atoms with Crippen molar-refractivity contribution in [3.05, 3.63) is 48.5 Å². The van der Waals surface area contributed by atoms with Crippen molar-refractivity contribution in [1.82, 2.24) is 0 Å². The average molecular weight is 433 g/mol. The van der Waals surface area contributed by atoms with Crippen LogP contribution in [-0.2, 0) is 19.3 Å². The van der Waals surface area contributed by atoms with Gasteiger partial charge in [-0.05, 0) is 71.3 Å². The lowest BCUT2D eigenvalue weighted by Crippen LogP contribution is -2.41. The van der Waals surface area contributed by atoms with Crippen molar-refractivity contribution in [2.75, 3.05) is 4.72 Å². The number of nitrogens with one attached hydrogen (secondary N) is 1. The summed E-state index contributed by atoms with van der Waals surface area (Å²) in [6.07, 6.45) is 0. The van der Waals surface area contributed by atoms with Crippen LogP contribution in [-0.4, -0.2) is 32.0 Å². The van der Waals surface area contributed by atoms with Gasteiger partial charge in [-0.1, -0.05) is 36.0 Å². The van der Waals surface area contributed by atoms with Gasteiger partial charge < -0.3 is 9.31 Å². The maximum Gasteiger partial charge on any atom is 0.494 e. The average Bonchev–Trinajstić information content (AvgIpc) is 2.84. The van der Waals surface area contributed by atoms with Gasteiger partial charge in [0.1, 0.15) is 0 Å². The Morgan fingerprint density at radius 2 is 1.48 bits per heavy atom. The summed E-state index contributed by atoms with van der Waals surface area (Å²) in [4.78, 5) is 1.85. The molecule has 0 radical (unpaired) electrons. The second kappa shape index (κ2) is 7.98. The molecule has 2 aromatic rings. The molecule has 1 aliphatic rings. The fraction of sp³-hybridized carbons (Fsp3) is 0.429. The van der Waals surface area contributed by atoms with Gasteiger partial charge in [0.25, 0.3) is 0 Å². The third-order valence-corrected chi connectivity index (χ3v) is 8.22. The highest BCUT2D eigenvalue weighted by Crippen LogP contribution is 2.37. The summed E-state index contributed by atoms with van der Waals surface area (Å²) in [7, 11) is -3.80. The minimum Gasteiger partial charge on any atom is -0.399 e. The molecule has 0 saturated carbocycles. The number of para-hydroxylation sites is 1. The van der Waals surface area contributed by atoms with Gasteiger partial charge in [0.2, 0.25) is 10.0 Å². The van der Waals surface area contributed by atoms with E-state index in [4.69, 9.17) is 9.31 Å². The number of anilines is 1. The molecule has 0 aliphatic carbocycles. The van der Waals surface area contributed by atoms with E-state index >= 15 is 0 Å². The Labute approximate surface area is 178 Å². The Morgan fingerprint density at radius 1 is 0.931 bits per heavy atom. The first-order valence-corrected chi connectivity index (χ1v) is 12.0. The molecule has 3 rings (SSSR count). The quantitative estimate of drug-likeness (QED) is 0.689. The molecule has 2 aromatic carbocycles. The second-order valence-corrected chi connectivity index (χ2v) is 11.8. The van der Waals surface area contributed by atoms with E-state index in [0.29, 0.717) is 5.69 Å². The molecule has 5 nitrogen and oxygen atoms in total. The second-order valence-electron chi connectivity index (χ2n) is 8.45. The molecule has 0 atom stereocenters. The molecule has 0 spiro atoms. The van der Waals surface area contributed by atoms with E-state index < -0.39 is 22.4 Å². The summed E-state index contributed by atoms with van der Waals surface area (Å²) in [5.74, 6) is 0. The molecule has 0 bridgehead atoms. The summed E-state index contributed by atoms with van der Waals surface area (Å²) in [6.45, 7) is 11.5. The van der Waals surface area contributed by atoms with Crippen LogP contribution < -0.4 is 10.2 Å². The SMILES string of the molecule is CC(C)S(=O)(=O)Nc1ccccc1Sc1ccc(B2OC(C)(C)C(C)(C)O2)cc1. The fourth-order valence-corrected chi connectivity index (χ4v) is 4.40. The van der Waals surface area contributed by atoms with Crippen LogP contribution >= 0.6 is 11.8 Å². The van der Waals surface area contributed by atoms with E-state index in [0.717, 1.165) is 15.3 Å². The van der Waals surface area contributed by atoms with Gasteiger partial charge in [0.05, 0.1) is 22.1 Å². The molecule has 0 unspecified atom stereocenters. The number of benzene rings is 2. The van der Waals surface area contributed by atoms with Gasteiger partial charge in [0.15, 0.2) is 0 Å². The van der Waals surface area contributed by atoms with Crippen molar-refractivity contribution < 1.29 is 17.7 Å². The minimum atomic E-state index is -3.40. The lowest BCUT2D eigenvalue weighted by Gasteiger charge is -2.32. The van der Waals surface area contributed by atoms with E-state index in [1.165, 1.54) is 11.8 Å². The fourth-order valence-electron chi connectivity index (χ4n) is 2.71. The van der Waals surface area contributed by atoms with Crippen molar-refractivity contribution >= 4 is 40.1 Å². The Hall–Kier alpha value is -1.48. The van der Waals surface area contributed by atoms with E-state index in [-0.39, 0.29) is 11.2 Å². The summed E-state index contributed by atoms with van der Waals surface area (Å²) in [5, 5.41) is -0.500. The Kier molecular flexibility index (Phi) is 6.12. The molecule has 0 aromatic heterocycles. The van der Waals surface area contributed by atoms with Crippen LogP contribution in [0.15, 0.2) is 58.3 Å². The van der Waals surface area contributed by atoms with Crippen LogP contribution in [0.1, 0.15) is 41.5 Å². The van der Waals surface area contributed by atoms with Crippen LogP contribution in [0.5, 0.6) is 0 Å².